The lowest BCUT2D eigenvalue weighted by molar-refractivity contribution is -0.121. The Balaban J connectivity index is 1.47. The lowest BCUT2D eigenvalue weighted by Crippen LogP contribution is -2.19. The molecule has 0 saturated heterocycles. The molecule has 0 radical (unpaired) electrons. The van der Waals surface area contributed by atoms with Gasteiger partial charge >= 0.3 is 0 Å². The van der Waals surface area contributed by atoms with Crippen molar-refractivity contribution in [2.75, 3.05) is 11.9 Å². The maximum atomic E-state index is 12.2. The van der Waals surface area contributed by atoms with Crippen LogP contribution in [0.1, 0.15) is 35.9 Å². The molecule has 2 N–H and O–H groups in total. The van der Waals surface area contributed by atoms with Crippen molar-refractivity contribution >= 4 is 62.3 Å². The molecule has 33 heavy (non-hydrogen) atoms. The summed E-state index contributed by atoms with van der Waals surface area (Å²) in [5, 5.41) is 7.85. The standard InChI is InChI=1S/C23H20BrCl2N3O4/c1-14(15-4-2-5-17(12-15)27-23(31)20-9-10-21(24)33-20)28-29-22(30)6-3-11-32-19-8-7-16(25)13-18(19)26/h2,4-5,7-10,12-13H,3,6,11H2,1H3,(H,27,31)(H,29,30). The van der Waals surface area contributed by atoms with Gasteiger partial charge in [0.2, 0.25) is 5.91 Å². The third-order valence-corrected chi connectivity index (χ3v) is 5.34. The highest BCUT2D eigenvalue weighted by molar-refractivity contribution is 9.10. The van der Waals surface area contributed by atoms with Gasteiger partial charge in [0.15, 0.2) is 10.4 Å². The van der Waals surface area contributed by atoms with Crippen LogP contribution in [-0.4, -0.2) is 24.1 Å². The Hall–Kier alpha value is -2.81. The van der Waals surface area contributed by atoms with E-state index in [0.29, 0.717) is 44.9 Å². The van der Waals surface area contributed by atoms with Gasteiger partial charge in [0.1, 0.15) is 5.75 Å². The molecule has 0 aliphatic heterocycles. The van der Waals surface area contributed by atoms with Gasteiger partial charge in [-0.3, -0.25) is 9.59 Å². The normalized spacial score (nSPS) is 11.2. The van der Waals surface area contributed by atoms with Crippen molar-refractivity contribution in [3.05, 3.63) is 80.6 Å². The highest BCUT2D eigenvalue weighted by atomic mass is 79.9. The zero-order valence-electron chi connectivity index (χ0n) is 17.5. The third kappa shape index (κ3) is 7.63. The lowest BCUT2D eigenvalue weighted by atomic mass is 10.1. The highest BCUT2D eigenvalue weighted by Gasteiger charge is 2.11. The predicted molar refractivity (Wildman–Crippen MR) is 132 cm³/mol. The maximum Gasteiger partial charge on any atom is 0.291 e. The first-order valence-electron chi connectivity index (χ1n) is 9.90. The van der Waals surface area contributed by atoms with E-state index in [1.807, 2.05) is 6.07 Å². The molecule has 0 unspecified atom stereocenters. The Morgan fingerprint density at radius 2 is 1.94 bits per heavy atom. The van der Waals surface area contributed by atoms with Gasteiger partial charge in [-0.1, -0.05) is 35.3 Å². The summed E-state index contributed by atoms with van der Waals surface area (Å²) in [6.45, 7) is 2.09. The van der Waals surface area contributed by atoms with Crippen molar-refractivity contribution in [3.63, 3.8) is 0 Å². The minimum atomic E-state index is -0.372. The molecule has 0 aliphatic rings. The summed E-state index contributed by atoms with van der Waals surface area (Å²) in [4.78, 5) is 24.3. The van der Waals surface area contributed by atoms with E-state index >= 15 is 0 Å². The van der Waals surface area contributed by atoms with Crippen LogP contribution in [0.15, 0.2) is 68.8 Å². The predicted octanol–water partition coefficient (Wildman–Crippen LogP) is 6.30. The number of furan rings is 1. The smallest absolute Gasteiger partial charge is 0.291 e. The number of anilines is 1. The van der Waals surface area contributed by atoms with E-state index in [0.717, 1.165) is 5.56 Å². The van der Waals surface area contributed by atoms with E-state index < -0.39 is 0 Å². The van der Waals surface area contributed by atoms with Crippen molar-refractivity contribution in [1.29, 1.82) is 0 Å². The molecule has 172 valence electrons. The summed E-state index contributed by atoms with van der Waals surface area (Å²) in [7, 11) is 0. The Kier molecular flexibility index (Phi) is 8.94. The molecule has 0 bridgehead atoms. The lowest BCUT2D eigenvalue weighted by Gasteiger charge is -2.08. The van der Waals surface area contributed by atoms with Crippen LogP contribution in [0.2, 0.25) is 10.0 Å². The molecule has 10 heteroatoms. The molecule has 3 rings (SSSR count). The molecule has 0 saturated carbocycles. The number of hydrogen-bond donors (Lipinski definition) is 2. The highest BCUT2D eigenvalue weighted by Crippen LogP contribution is 2.27. The van der Waals surface area contributed by atoms with E-state index in [9.17, 15) is 9.59 Å². The number of carbonyl (C=O) groups excluding carboxylic acids is 2. The first-order valence-corrected chi connectivity index (χ1v) is 11.4. The van der Waals surface area contributed by atoms with Gasteiger partial charge in [0.25, 0.3) is 5.91 Å². The summed E-state index contributed by atoms with van der Waals surface area (Å²) >= 11 is 15.1. The van der Waals surface area contributed by atoms with Gasteiger partial charge in [0, 0.05) is 17.1 Å². The molecule has 1 aromatic heterocycles. The zero-order chi connectivity index (χ0) is 23.8. The number of hydrazone groups is 1. The average Bonchev–Trinajstić information content (AvgIpc) is 3.23. The van der Waals surface area contributed by atoms with Crippen LogP contribution in [0.4, 0.5) is 5.69 Å². The summed E-state index contributed by atoms with van der Waals surface area (Å²) < 4.78 is 11.3. The second-order valence-electron chi connectivity index (χ2n) is 6.90. The molecule has 3 aromatic rings. The Labute approximate surface area is 209 Å². The molecule has 0 spiro atoms. The second kappa shape index (κ2) is 11.9. The van der Waals surface area contributed by atoms with E-state index in [1.165, 1.54) is 0 Å². The van der Waals surface area contributed by atoms with Crippen molar-refractivity contribution < 1.29 is 18.7 Å². The van der Waals surface area contributed by atoms with Gasteiger partial charge in [-0.2, -0.15) is 5.10 Å². The molecular weight excluding hydrogens is 533 g/mol. The Morgan fingerprint density at radius 1 is 1.12 bits per heavy atom. The number of benzene rings is 2. The molecule has 2 aromatic carbocycles. The van der Waals surface area contributed by atoms with E-state index in [1.54, 1.807) is 55.5 Å². The fourth-order valence-corrected chi connectivity index (χ4v) is 3.49. The fraction of sp³-hybridized carbons (Fsp3) is 0.174. The number of ether oxygens (including phenoxy) is 1. The Morgan fingerprint density at radius 3 is 2.67 bits per heavy atom. The van der Waals surface area contributed by atoms with E-state index in [4.69, 9.17) is 32.4 Å². The topological polar surface area (TPSA) is 92.9 Å². The van der Waals surface area contributed by atoms with Gasteiger partial charge in [0.05, 0.1) is 17.3 Å². The molecule has 1 heterocycles. The molecule has 0 fully saturated rings. The number of halogens is 3. The van der Waals surface area contributed by atoms with Crippen LogP contribution >= 0.6 is 39.1 Å². The van der Waals surface area contributed by atoms with Crippen LogP contribution in [-0.2, 0) is 4.79 Å². The number of amides is 2. The van der Waals surface area contributed by atoms with Crippen molar-refractivity contribution in [2.24, 2.45) is 5.10 Å². The first kappa shape index (κ1) is 24.8. The van der Waals surface area contributed by atoms with Crippen LogP contribution in [0.5, 0.6) is 5.75 Å². The second-order valence-corrected chi connectivity index (χ2v) is 8.52. The quantitative estimate of drug-likeness (QED) is 0.185. The minimum Gasteiger partial charge on any atom is -0.492 e. The molecule has 2 amide bonds. The van der Waals surface area contributed by atoms with E-state index in [2.05, 4.69) is 31.8 Å². The largest absolute Gasteiger partial charge is 0.492 e. The van der Waals surface area contributed by atoms with Crippen LogP contribution in [0.3, 0.4) is 0 Å². The summed E-state index contributed by atoms with van der Waals surface area (Å²) in [5.41, 5.74) is 4.43. The van der Waals surface area contributed by atoms with Crippen LogP contribution < -0.4 is 15.5 Å². The summed E-state index contributed by atoms with van der Waals surface area (Å²) in [6.07, 6.45) is 0.723. The molecular formula is C23H20BrCl2N3O4. The van der Waals surface area contributed by atoms with Gasteiger partial charge in [-0.05, 0) is 77.3 Å². The van der Waals surface area contributed by atoms with Crippen molar-refractivity contribution in [3.8, 4) is 5.75 Å². The SMILES string of the molecule is CC(=NNC(=O)CCCOc1ccc(Cl)cc1Cl)c1cccc(NC(=O)c2ccc(Br)o2)c1. The molecule has 0 aliphatic carbocycles. The Bertz CT molecular complexity index is 1180. The average molecular weight is 553 g/mol. The van der Waals surface area contributed by atoms with Gasteiger partial charge < -0.3 is 14.5 Å². The van der Waals surface area contributed by atoms with Gasteiger partial charge in [-0.15, -0.1) is 0 Å². The monoisotopic (exact) mass is 551 g/mol. The third-order valence-electron chi connectivity index (χ3n) is 4.38. The van der Waals surface area contributed by atoms with Gasteiger partial charge in [-0.25, -0.2) is 5.43 Å². The molecule has 7 nitrogen and oxygen atoms in total. The molecule has 0 atom stereocenters. The van der Waals surface area contributed by atoms with Crippen LogP contribution in [0, 0.1) is 0 Å². The summed E-state index contributed by atoms with van der Waals surface area (Å²) in [5.74, 6) is 0.0881. The number of carbonyl (C=O) groups is 2. The number of hydrogen-bond acceptors (Lipinski definition) is 5. The summed E-state index contributed by atoms with van der Waals surface area (Å²) in [6, 6.07) is 15.3. The fourth-order valence-electron chi connectivity index (χ4n) is 2.72. The number of nitrogens with zero attached hydrogens (tertiary/aromatic N) is 1. The van der Waals surface area contributed by atoms with Crippen molar-refractivity contribution in [2.45, 2.75) is 19.8 Å². The zero-order valence-corrected chi connectivity index (χ0v) is 20.6. The number of rotatable bonds is 9. The number of nitrogens with one attached hydrogen (secondary N) is 2. The van der Waals surface area contributed by atoms with Crippen molar-refractivity contribution in [1.82, 2.24) is 5.43 Å². The maximum absolute atomic E-state index is 12.2. The minimum absolute atomic E-state index is 0.187. The van der Waals surface area contributed by atoms with Crippen LogP contribution in [0.25, 0.3) is 0 Å². The van der Waals surface area contributed by atoms with E-state index in [-0.39, 0.29) is 24.0 Å². The first-order chi connectivity index (χ1) is 15.8.